The molecule has 0 aliphatic rings. The summed E-state index contributed by atoms with van der Waals surface area (Å²) < 4.78 is 0. The summed E-state index contributed by atoms with van der Waals surface area (Å²) in [6.07, 6.45) is 0.841. The molecule has 2 rings (SSSR count). The lowest BCUT2D eigenvalue weighted by atomic mass is 10.1. The highest BCUT2D eigenvalue weighted by Gasteiger charge is 2.16. The van der Waals surface area contributed by atoms with Crippen molar-refractivity contribution in [2.75, 3.05) is 5.32 Å². The summed E-state index contributed by atoms with van der Waals surface area (Å²) in [5.41, 5.74) is 7.63. The van der Waals surface area contributed by atoms with E-state index in [9.17, 15) is 4.79 Å². The van der Waals surface area contributed by atoms with Gasteiger partial charge in [0.05, 0.1) is 0 Å². The molecule has 18 heavy (non-hydrogen) atoms. The van der Waals surface area contributed by atoms with Crippen LogP contribution in [0.15, 0.2) is 36.4 Å². The molecule has 4 N–H and O–H groups in total. The molecule has 0 unspecified atom stereocenters. The van der Waals surface area contributed by atoms with Crippen LogP contribution in [0.25, 0.3) is 0 Å². The Morgan fingerprint density at radius 3 is 2.78 bits per heavy atom. The standard InChI is InChI=1S/C13H16N4O/c1-2-10-8-11(17-16-10)15-13(18)12(14)9-6-4-3-5-7-9/h3-8,12H,2,14H2,1H3,(H2,15,16,17,18)/t12-/m0/s1. The molecule has 0 aliphatic carbocycles. The Morgan fingerprint density at radius 1 is 1.44 bits per heavy atom. The molecule has 0 bridgehead atoms. The van der Waals surface area contributed by atoms with E-state index in [1.54, 1.807) is 6.07 Å². The summed E-state index contributed by atoms with van der Waals surface area (Å²) >= 11 is 0. The first-order valence-electron chi connectivity index (χ1n) is 5.86. The third-order valence-corrected chi connectivity index (χ3v) is 2.70. The molecule has 0 saturated carbocycles. The lowest BCUT2D eigenvalue weighted by Gasteiger charge is -2.10. The highest BCUT2D eigenvalue weighted by molar-refractivity contribution is 5.94. The number of amides is 1. The van der Waals surface area contributed by atoms with Crippen LogP contribution in [-0.4, -0.2) is 16.1 Å². The molecule has 0 radical (unpaired) electrons. The van der Waals surface area contributed by atoms with Gasteiger partial charge >= 0.3 is 0 Å². The molecule has 1 aromatic carbocycles. The van der Waals surface area contributed by atoms with Gasteiger partial charge in [0, 0.05) is 11.8 Å². The van der Waals surface area contributed by atoms with Crippen LogP contribution >= 0.6 is 0 Å². The summed E-state index contributed by atoms with van der Waals surface area (Å²) in [4.78, 5) is 11.9. The average Bonchev–Trinajstić information content (AvgIpc) is 2.86. The van der Waals surface area contributed by atoms with Crippen LogP contribution in [0.5, 0.6) is 0 Å². The minimum absolute atomic E-state index is 0.268. The molecule has 94 valence electrons. The van der Waals surface area contributed by atoms with E-state index >= 15 is 0 Å². The maximum atomic E-state index is 11.9. The largest absolute Gasteiger partial charge is 0.316 e. The number of nitrogens with one attached hydrogen (secondary N) is 2. The van der Waals surface area contributed by atoms with Crippen molar-refractivity contribution in [2.45, 2.75) is 19.4 Å². The van der Waals surface area contributed by atoms with Crippen molar-refractivity contribution in [3.05, 3.63) is 47.7 Å². The number of hydrogen-bond acceptors (Lipinski definition) is 3. The molecule has 1 aromatic heterocycles. The zero-order valence-corrected chi connectivity index (χ0v) is 10.2. The van der Waals surface area contributed by atoms with Crippen LogP contribution in [0.1, 0.15) is 24.2 Å². The predicted molar refractivity (Wildman–Crippen MR) is 70.0 cm³/mol. The second kappa shape index (κ2) is 5.46. The minimum Gasteiger partial charge on any atom is -0.316 e. The Hall–Kier alpha value is -2.14. The van der Waals surface area contributed by atoms with Crippen molar-refractivity contribution < 1.29 is 4.79 Å². The van der Waals surface area contributed by atoms with Gasteiger partial charge in [-0.25, -0.2) is 0 Å². The number of nitrogens with zero attached hydrogens (tertiary/aromatic N) is 1. The van der Waals surface area contributed by atoms with Gasteiger partial charge in [-0.3, -0.25) is 9.89 Å². The van der Waals surface area contributed by atoms with Gasteiger partial charge in [0.1, 0.15) is 6.04 Å². The molecule has 0 spiro atoms. The van der Waals surface area contributed by atoms with Crippen LogP contribution in [-0.2, 0) is 11.2 Å². The number of benzene rings is 1. The van der Waals surface area contributed by atoms with Crippen molar-refractivity contribution in [3.8, 4) is 0 Å². The number of anilines is 1. The lowest BCUT2D eigenvalue weighted by Crippen LogP contribution is -2.27. The minimum atomic E-state index is -0.687. The highest BCUT2D eigenvalue weighted by Crippen LogP contribution is 2.13. The second-order valence-electron chi connectivity index (χ2n) is 4.01. The molecule has 0 saturated heterocycles. The molecule has 2 aromatic rings. The number of aromatic amines is 1. The number of aryl methyl sites for hydroxylation is 1. The van der Waals surface area contributed by atoms with Crippen LogP contribution in [0, 0.1) is 0 Å². The fourth-order valence-corrected chi connectivity index (χ4v) is 1.62. The topological polar surface area (TPSA) is 83.8 Å². The van der Waals surface area contributed by atoms with E-state index in [-0.39, 0.29) is 5.91 Å². The van der Waals surface area contributed by atoms with Gasteiger partial charge in [0.2, 0.25) is 5.91 Å². The Bertz CT molecular complexity index is 521. The third-order valence-electron chi connectivity index (χ3n) is 2.70. The molecule has 5 heteroatoms. The van der Waals surface area contributed by atoms with Gasteiger partial charge in [-0.05, 0) is 12.0 Å². The molecule has 1 amide bonds. The first-order valence-corrected chi connectivity index (χ1v) is 5.86. The fourth-order valence-electron chi connectivity index (χ4n) is 1.62. The number of carbonyl (C=O) groups excluding carboxylic acids is 1. The van der Waals surface area contributed by atoms with Gasteiger partial charge in [0.15, 0.2) is 5.82 Å². The van der Waals surface area contributed by atoms with Crippen molar-refractivity contribution in [3.63, 3.8) is 0 Å². The molecular formula is C13H16N4O. The Morgan fingerprint density at radius 2 is 2.17 bits per heavy atom. The van der Waals surface area contributed by atoms with Gasteiger partial charge in [-0.2, -0.15) is 5.10 Å². The smallest absolute Gasteiger partial charge is 0.247 e. The van der Waals surface area contributed by atoms with E-state index in [2.05, 4.69) is 15.5 Å². The van der Waals surface area contributed by atoms with Crippen LogP contribution in [0.4, 0.5) is 5.82 Å². The van der Waals surface area contributed by atoms with Crippen LogP contribution in [0.3, 0.4) is 0 Å². The molecule has 5 nitrogen and oxygen atoms in total. The summed E-state index contributed by atoms with van der Waals surface area (Å²) in [5.74, 6) is 0.235. The van der Waals surface area contributed by atoms with E-state index < -0.39 is 6.04 Å². The van der Waals surface area contributed by atoms with E-state index in [0.29, 0.717) is 5.82 Å². The average molecular weight is 244 g/mol. The van der Waals surface area contributed by atoms with Crippen LogP contribution in [0.2, 0.25) is 0 Å². The molecule has 1 heterocycles. The quantitative estimate of drug-likeness (QED) is 0.764. The van der Waals surface area contributed by atoms with E-state index in [1.807, 2.05) is 37.3 Å². The van der Waals surface area contributed by atoms with E-state index in [4.69, 9.17) is 5.73 Å². The van der Waals surface area contributed by atoms with E-state index in [0.717, 1.165) is 17.7 Å². The van der Waals surface area contributed by atoms with E-state index in [1.165, 1.54) is 0 Å². The summed E-state index contributed by atoms with van der Waals surface area (Å²) in [5, 5.41) is 9.51. The monoisotopic (exact) mass is 244 g/mol. The molecule has 0 aliphatic heterocycles. The summed E-state index contributed by atoms with van der Waals surface area (Å²) in [6.45, 7) is 2.01. The number of rotatable bonds is 4. The van der Waals surface area contributed by atoms with Crippen molar-refractivity contribution >= 4 is 11.7 Å². The number of H-pyrrole nitrogens is 1. The Labute approximate surface area is 105 Å². The van der Waals surface area contributed by atoms with Gasteiger partial charge in [0.25, 0.3) is 0 Å². The summed E-state index contributed by atoms with van der Waals surface area (Å²) in [7, 11) is 0. The Balaban J connectivity index is 2.04. The molecule has 1 atom stereocenters. The lowest BCUT2D eigenvalue weighted by molar-refractivity contribution is -0.117. The van der Waals surface area contributed by atoms with Crippen LogP contribution < -0.4 is 11.1 Å². The van der Waals surface area contributed by atoms with Gasteiger partial charge in [-0.15, -0.1) is 0 Å². The zero-order valence-electron chi connectivity index (χ0n) is 10.2. The second-order valence-corrected chi connectivity index (χ2v) is 4.01. The third kappa shape index (κ3) is 2.75. The molecule has 0 fully saturated rings. The highest BCUT2D eigenvalue weighted by atomic mass is 16.2. The maximum Gasteiger partial charge on any atom is 0.247 e. The van der Waals surface area contributed by atoms with Crippen molar-refractivity contribution in [1.82, 2.24) is 10.2 Å². The van der Waals surface area contributed by atoms with Crippen molar-refractivity contribution in [2.24, 2.45) is 5.73 Å². The first kappa shape index (κ1) is 12.3. The number of aromatic nitrogens is 2. The SMILES string of the molecule is CCc1cc(NC(=O)[C@@H](N)c2ccccc2)n[nH]1. The number of nitrogens with two attached hydrogens (primary N) is 1. The van der Waals surface area contributed by atoms with Gasteiger partial charge < -0.3 is 11.1 Å². The normalized spacial score (nSPS) is 12.1. The van der Waals surface area contributed by atoms with Crippen molar-refractivity contribution in [1.29, 1.82) is 0 Å². The Kier molecular flexibility index (Phi) is 3.74. The summed E-state index contributed by atoms with van der Waals surface area (Å²) in [6, 6.07) is 10.4. The maximum absolute atomic E-state index is 11.9. The predicted octanol–water partition coefficient (Wildman–Crippen LogP) is 1.61. The first-order chi connectivity index (χ1) is 8.70. The molecular weight excluding hydrogens is 228 g/mol. The van der Waals surface area contributed by atoms with Gasteiger partial charge in [-0.1, -0.05) is 37.3 Å². The zero-order chi connectivity index (χ0) is 13.0. The number of hydrogen-bond donors (Lipinski definition) is 3. The number of carbonyl (C=O) groups is 1. The fraction of sp³-hybridized carbons (Fsp3) is 0.231.